The van der Waals surface area contributed by atoms with Gasteiger partial charge in [0.1, 0.15) is 18.1 Å². The van der Waals surface area contributed by atoms with Crippen molar-refractivity contribution in [1.29, 1.82) is 0 Å². The predicted molar refractivity (Wildman–Crippen MR) is 132 cm³/mol. The van der Waals surface area contributed by atoms with Gasteiger partial charge in [-0.3, -0.25) is 9.59 Å². The van der Waals surface area contributed by atoms with Gasteiger partial charge in [0, 0.05) is 16.3 Å². The fourth-order valence-electron chi connectivity index (χ4n) is 3.60. The quantitative estimate of drug-likeness (QED) is 0.362. The van der Waals surface area contributed by atoms with Crippen LogP contribution in [0.4, 0.5) is 0 Å². The van der Waals surface area contributed by atoms with E-state index in [-0.39, 0.29) is 18.4 Å². The number of thiophene rings is 2. The van der Waals surface area contributed by atoms with Gasteiger partial charge in [0.05, 0.1) is 12.1 Å². The number of rotatable bonds is 10. The lowest BCUT2D eigenvalue weighted by molar-refractivity contribution is -0.142. The molecule has 0 saturated carbocycles. The van der Waals surface area contributed by atoms with E-state index < -0.39 is 6.04 Å². The number of fused-ring (bicyclic) bond motifs is 1. The Morgan fingerprint density at radius 3 is 2.58 bits per heavy atom. The van der Waals surface area contributed by atoms with Crippen LogP contribution in [-0.2, 0) is 22.7 Å². The molecule has 0 fully saturated rings. The fraction of sp³-hybridized carbons (Fsp3) is 0.333. The number of nitrogens with one attached hydrogen (secondary N) is 1. The Balaban J connectivity index is 1.64. The second kappa shape index (κ2) is 10.7. The van der Waals surface area contributed by atoms with Crippen molar-refractivity contribution in [2.45, 2.75) is 39.4 Å². The maximum atomic E-state index is 13.7. The molecule has 4 aromatic rings. The largest absolute Gasteiger partial charge is 0.354 e. The maximum absolute atomic E-state index is 13.7. The number of carbonyl (C=O) groups is 2. The summed E-state index contributed by atoms with van der Waals surface area (Å²) < 4.78 is 1.60. The number of para-hydroxylation sites is 1. The van der Waals surface area contributed by atoms with Crippen molar-refractivity contribution in [3.8, 4) is 0 Å². The maximum Gasteiger partial charge on any atom is 0.248 e. The zero-order chi connectivity index (χ0) is 23.2. The van der Waals surface area contributed by atoms with Gasteiger partial charge in [0.15, 0.2) is 0 Å². The molecule has 9 heteroatoms. The third kappa shape index (κ3) is 5.66. The summed E-state index contributed by atoms with van der Waals surface area (Å²) in [4.78, 5) is 30.6. The Kier molecular flexibility index (Phi) is 7.51. The Labute approximate surface area is 201 Å². The number of aromatic nitrogens is 3. The Bertz CT molecular complexity index is 1180. The fourth-order valence-corrected chi connectivity index (χ4v) is 5.14. The number of nitrogens with zero attached hydrogens (tertiary/aromatic N) is 4. The number of hydrogen-bond donors (Lipinski definition) is 1. The molecular weight excluding hydrogens is 454 g/mol. The first kappa shape index (κ1) is 23.1. The van der Waals surface area contributed by atoms with Gasteiger partial charge < -0.3 is 10.2 Å². The highest BCUT2D eigenvalue weighted by atomic mass is 32.1. The molecule has 0 aliphatic carbocycles. The van der Waals surface area contributed by atoms with Crippen molar-refractivity contribution >= 4 is 45.5 Å². The highest BCUT2D eigenvalue weighted by Gasteiger charge is 2.33. The van der Waals surface area contributed by atoms with Gasteiger partial charge >= 0.3 is 0 Å². The number of amides is 2. The molecule has 4 rings (SSSR count). The van der Waals surface area contributed by atoms with Gasteiger partial charge in [0.25, 0.3) is 0 Å². The lowest BCUT2D eigenvalue weighted by Gasteiger charge is -2.30. The Morgan fingerprint density at radius 2 is 1.85 bits per heavy atom. The van der Waals surface area contributed by atoms with Gasteiger partial charge in [-0.25, -0.2) is 4.68 Å². The van der Waals surface area contributed by atoms with Gasteiger partial charge in [-0.1, -0.05) is 43.3 Å². The minimum absolute atomic E-state index is 0.00698. The minimum Gasteiger partial charge on any atom is -0.354 e. The van der Waals surface area contributed by atoms with E-state index in [1.165, 1.54) is 11.3 Å². The average molecular weight is 482 g/mol. The van der Waals surface area contributed by atoms with Gasteiger partial charge in [-0.2, -0.15) is 0 Å². The topological polar surface area (TPSA) is 80.1 Å². The second-order valence-electron chi connectivity index (χ2n) is 8.23. The summed E-state index contributed by atoms with van der Waals surface area (Å²) in [6.07, 6.45) is 0.882. The summed E-state index contributed by atoms with van der Waals surface area (Å²) in [5.41, 5.74) is 1.52. The summed E-state index contributed by atoms with van der Waals surface area (Å²) in [5, 5.41) is 15.3. The molecule has 7 nitrogen and oxygen atoms in total. The molecule has 1 N–H and O–H groups in total. The second-order valence-corrected chi connectivity index (χ2v) is 10.2. The van der Waals surface area contributed by atoms with Crippen LogP contribution < -0.4 is 5.32 Å². The molecule has 3 aromatic heterocycles. The molecule has 0 aliphatic heterocycles. The van der Waals surface area contributed by atoms with Crippen LogP contribution in [0.2, 0.25) is 0 Å². The van der Waals surface area contributed by atoms with Crippen molar-refractivity contribution in [1.82, 2.24) is 25.2 Å². The number of benzene rings is 1. The summed E-state index contributed by atoms with van der Waals surface area (Å²) in [5.74, 6) is 0.137. The van der Waals surface area contributed by atoms with Crippen molar-refractivity contribution in [3.63, 3.8) is 0 Å². The summed E-state index contributed by atoms with van der Waals surface area (Å²) in [6.45, 7) is 5.18. The summed E-state index contributed by atoms with van der Waals surface area (Å²) in [7, 11) is 0. The summed E-state index contributed by atoms with van der Waals surface area (Å²) >= 11 is 3.05. The zero-order valence-electron chi connectivity index (χ0n) is 18.7. The molecule has 33 heavy (non-hydrogen) atoms. The third-order valence-electron chi connectivity index (χ3n) is 5.33. The van der Waals surface area contributed by atoms with E-state index >= 15 is 0 Å². The van der Waals surface area contributed by atoms with Crippen molar-refractivity contribution < 1.29 is 9.59 Å². The van der Waals surface area contributed by atoms with Crippen LogP contribution in [0.25, 0.3) is 11.0 Å². The molecule has 0 aliphatic rings. The molecule has 2 amide bonds. The molecule has 1 aromatic carbocycles. The van der Waals surface area contributed by atoms with Crippen LogP contribution in [0.15, 0.2) is 59.3 Å². The lowest BCUT2D eigenvalue weighted by Crippen LogP contribution is -2.44. The van der Waals surface area contributed by atoms with Crippen LogP contribution in [0.1, 0.15) is 36.1 Å². The number of carbonyl (C=O) groups excluding carboxylic acids is 2. The molecular formula is C24H27N5O2S2. The molecule has 3 heterocycles. The zero-order valence-corrected chi connectivity index (χ0v) is 20.3. The highest BCUT2D eigenvalue weighted by Crippen LogP contribution is 2.29. The van der Waals surface area contributed by atoms with E-state index in [9.17, 15) is 9.59 Å². The molecule has 0 spiro atoms. The highest BCUT2D eigenvalue weighted by molar-refractivity contribution is 7.10. The normalized spacial score (nSPS) is 12.2. The first-order valence-electron chi connectivity index (χ1n) is 10.9. The van der Waals surface area contributed by atoms with Crippen molar-refractivity contribution in [2.75, 3.05) is 6.54 Å². The predicted octanol–water partition coefficient (Wildman–Crippen LogP) is 4.49. The van der Waals surface area contributed by atoms with Crippen molar-refractivity contribution in [2.24, 2.45) is 5.92 Å². The van der Waals surface area contributed by atoms with E-state index in [0.717, 1.165) is 27.2 Å². The Hall–Kier alpha value is -3.04. The standard InChI is InChI=1S/C24H27N5O2S2/c1-17(2)11-12-25-24(31)23(21-10-6-14-33-21)28(15-18-7-5-13-32-18)22(30)16-29-20-9-4-3-8-19(20)26-27-29/h3-10,13-14,17,23H,11-12,15-16H2,1-2H3,(H,25,31). The van der Waals surface area contributed by atoms with E-state index in [0.29, 0.717) is 19.0 Å². The van der Waals surface area contributed by atoms with Crippen LogP contribution in [0.5, 0.6) is 0 Å². The molecule has 0 radical (unpaired) electrons. The minimum atomic E-state index is -0.707. The smallest absolute Gasteiger partial charge is 0.248 e. The molecule has 172 valence electrons. The first-order chi connectivity index (χ1) is 16.0. The van der Waals surface area contributed by atoms with Crippen molar-refractivity contribution in [3.05, 3.63) is 69.0 Å². The SMILES string of the molecule is CC(C)CCNC(=O)C(c1cccs1)N(Cc1cccs1)C(=O)Cn1nnc2ccccc21. The van der Waals surface area contributed by atoms with Crippen LogP contribution in [0.3, 0.4) is 0 Å². The Morgan fingerprint density at radius 1 is 1.06 bits per heavy atom. The lowest BCUT2D eigenvalue weighted by atomic mass is 10.1. The van der Waals surface area contributed by atoms with Crippen LogP contribution in [0, 0.1) is 5.92 Å². The monoisotopic (exact) mass is 481 g/mol. The molecule has 1 atom stereocenters. The van der Waals surface area contributed by atoms with E-state index in [4.69, 9.17) is 0 Å². The summed E-state index contributed by atoms with van der Waals surface area (Å²) in [6, 6.07) is 14.6. The van der Waals surface area contributed by atoms with E-state index in [1.54, 1.807) is 20.9 Å². The average Bonchev–Trinajstić information content (AvgIpc) is 3.56. The van der Waals surface area contributed by atoms with Gasteiger partial charge in [-0.05, 0) is 47.4 Å². The number of hydrogen-bond acceptors (Lipinski definition) is 6. The van der Waals surface area contributed by atoms with Gasteiger partial charge in [-0.15, -0.1) is 27.8 Å². The van der Waals surface area contributed by atoms with E-state index in [2.05, 4.69) is 29.5 Å². The van der Waals surface area contributed by atoms with Gasteiger partial charge in [0.2, 0.25) is 11.8 Å². The first-order valence-corrected chi connectivity index (χ1v) is 12.7. The molecule has 0 bridgehead atoms. The molecule has 0 saturated heterocycles. The van der Waals surface area contributed by atoms with Crippen LogP contribution >= 0.6 is 22.7 Å². The van der Waals surface area contributed by atoms with Crippen LogP contribution in [-0.4, -0.2) is 38.3 Å². The molecule has 1 unspecified atom stereocenters. The third-order valence-corrected chi connectivity index (χ3v) is 7.11. The van der Waals surface area contributed by atoms with E-state index in [1.807, 2.05) is 59.3 Å².